The summed E-state index contributed by atoms with van der Waals surface area (Å²) >= 11 is 3.06. The minimum Gasteiger partial charge on any atom is -0.351 e. The quantitative estimate of drug-likeness (QED) is 0.715. The van der Waals surface area contributed by atoms with Crippen molar-refractivity contribution in [3.05, 3.63) is 35.3 Å². The number of hydrogen-bond donors (Lipinski definition) is 1. The molecule has 0 aliphatic carbocycles. The predicted molar refractivity (Wildman–Crippen MR) is 90.1 cm³/mol. The van der Waals surface area contributed by atoms with Crippen LogP contribution in [0.4, 0.5) is 0 Å². The van der Waals surface area contributed by atoms with Gasteiger partial charge in [-0.15, -0.1) is 23.1 Å². The van der Waals surface area contributed by atoms with E-state index in [0.29, 0.717) is 18.3 Å². The molecule has 0 bridgehead atoms. The lowest BCUT2D eigenvalue weighted by Crippen LogP contribution is -2.17. The van der Waals surface area contributed by atoms with Gasteiger partial charge in [0, 0.05) is 18.0 Å². The highest BCUT2D eigenvalue weighted by Crippen LogP contribution is 2.31. The number of rotatable bonds is 5. The fourth-order valence-corrected chi connectivity index (χ4v) is 3.37. The van der Waals surface area contributed by atoms with Crippen molar-refractivity contribution >= 4 is 29.0 Å². The number of pyridine rings is 1. The number of carbonyl (C=O) groups is 1. The second kappa shape index (κ2) is 6.93. The molecule has 0 aromatic carbocycles. The molecule has 1 N–H and O–H groups in total. The zero-order valence-electron chi connectivity index (χ0n) is 12.6. The van der Waals surface area contributed by atoms with Gasteiger partial charge < -0.3 is 9.84 Å². The molecule has 3 aromatic heterocycles. The van der Waals surface area contributed by atoms with Gasteiger partial charge in [-0.1, -0.05) is 5.16 Å². The van der Waals surface area contributed by atoms with Crippen molar-refractivity contribution in [3.63, 3.8) is 0 Å². The summed E-state index contributed by atoms with van der Waals surface area (Å²) in [5.41, 5.74) is 0.828. The van der Waals surface area contributed by atoms with Gasteiger partial charge in [-0.3, -0.25) is 4.79 Å². The summed E-state index contributed by atoms with van der Waals surface area (Å²) in [5, 5.41) is 7.66. The summed E-state index contributed by atoms with van der Waals surface area (Å²) < 4.78 is 5.38. The Labute approximate surface area is 141 Å². The summed E-state index contributed by atoms with van der Waals surface area (Å²) in [6, 6.07) is 7.63. The van der Waals surface area contributed by atoms with Crippen LogP contribution in [0.25, 0.3) is 22.2 Å². The third kappa shape index (κ3) is 3.59. The number of nitrogens with one attached hydrogen (secondary N) is 1. The van der Waals surface area contributed by atoms with Crippen molar-refractivity contribution in [1.29, 1.82) is 0 Å². The van der Waals surface area contributed by atoms with Crippen LogP contribution in [0, 0.1) is 0 Å². The molecule has 1 amide bonds. The maximum atomic E-state index is 11.0. The van der Waals surface area contributed by atoms with E-state index in [4.69, 9.17) is 4.52 Å². The summed E-state index contributed by atoms with van der Waals surface area (Å²) in [5.74, 6) is 0.937. The second-order valence-electron chi connectivity index (χ2n) is 4.66. The molecular weight excluding hydrogens is 332 g/mol. The van der Waals surface area contributed by atoms with Gasteiger partial charge in [0.25, 0.3) is 5.89 Å². The maximum Gasteiger partial charge on any atom is 0.261 e. The third-order valence-corrected chi connectivity index (χ3v) is 4.81. The first-order chi connectivity index (χ1) is 11.2. The van der Waals surface area contributed by atoms with Crippen LogP contribution in [0.3, 0.4) is 0 Å². The Morgan fingerprint density at radius 2 is 2.26 bits per heavy atom. The standard InChI is InChI=1S/C15H14N4O2S2/c1-9(20)17-8-10-5-6-12(23-10)13-18-14(21-19-13)11-4-3-7-16-15(11)22-2/h3-7H,8H2,1-2H3,(H,17,20). The number of nitrogens with zero attached hydrogens (tertiary/aromatic N) is 3. The molecule has 23 heavy (non-hydrogen) atoms. The van der Waals surface area contributed by atoms with E-state index in [0.717, 1.165) is 20.3 Å². The van der Waals surface area contributed by atoms with Crippen LogP contribution in [-0.4, -0.2) is 27.3 Å². The third-order valence-electron chi connectivity index (χ3n) is 3.01. The van der Waals surface area contributed by atoms with Gasteiger partial charge in [0.2, 0.25) is 11.7 Å². The van der Waals surface area contributed by atoms with Gasteiger partial charge in [0.05, 0.1) is 17.0 Å². The molecule has 0 saturated carbocycles. The van der Waals surface area contributed by atoms with Crippen LogP contribution in [0.2, 0.25) is 0 Å². The van der Waals surface area contributed by atoms with E-state index in [2.05, 4.69) is 20.4 Å². The fourth-order valence-electron chi connectivity index (χ4n) is 1.95. The predicted octanol–water partition coefficient (Wildman–Crippen LogP) is 3.22. The van der Waals surface area contributed by atoms with E-state index in [1.165, 1.54) is 30.0 Å². The molecule has 0 aliphatic heterocycles. The monoisotopic (exact) mass is 346 g/mol. The number of hydrogen-bond acceptors (Lipinski definition) is 7. The van der Waals surface area contributed by atoms with Crippen molar-refractivity contribution in [2.24, 2.45) is 0 Å². The molecule has 0 saturated heterocycles. The van der Waals surface area contributed by atoms with Gasteiger partial charge in [-0.05, 0) is 30.5 Å². The van der Waals surface area contributed by atoms with Crippen LogP contribution in [-0.2, 0) is 11.3 Å². The Bertz CT molecular complexity index is 828. The van der Waals surface area contributed by atoms with E-state index in [1.807, 2.05) is 30.5 Å². The summed E-state index contributed by atoms with van der Waals surface area (Å²) in [7, 11) is 0. The van der Waals surface area contributed by atoms with E-state index in [-0.39, 0.29) is 5.91 Å². The molecule has 0 fully saturated rings. The Morgan fingerprint density at radius 3 is 3.04 bits per heavy atom. The number of aromatic nitrogens is 3. The van der Waals surface area contributed by atoms with Crippen LogP contribution >= 0.6 is 23.1 Å². The minimum absolute atomic E-state index is 0.0528. The molecule has 118 valence electrons. The number of carbonyl (C=O) groups excluding carboxylic acids is 1. The first kappa shape index (κ1) is 15.7. The lowest BCUT2D eigenvalue weighted by atomic mass is 10.3. The van der Waals surface area contributed by atoms with E-state index in [1.54, 1.807) is 6.20 Å². The lowest BCUT2D eigenvalue weighted by molar-refractivity contribution is -0.119. The van der Waals surface area contributed by atoms with Crippen LogP contribution in [0.1, 0.15) is 11.8 Å². The van der Waals surface area contributed by atoms with E-state index >= 15 is 0 Å². The summed E-state index contributed by atoms with van der Waals surface area (Å²) in [6.45, 7) is 2.00. The fraction of sp³-hybridized carbons (Fsp3) is 0.200. The molecule has 3 heterocycles. The Morgan fingerprint density at radius 1 is 1.39 bits per heavy atom. The van der Waals surface area contributed by atoms with Crippen molar-refractivity contribution in [2.45, 2.75) is 18.5 Å². The zero-order valence-corrected chi connectivity index (χ0v) is 14.2. The molecule has 0 aliphatic rings. The van der Waals surface area contributed by atoms with Crippen molar-refractivity contribution < 1.29 is 9.32 Å². The molecule has 8 heteroatoms. The van der Waals surface area contributed by atoms with Gasteiger partial charge in [0.15, 0.2) is 0 Å². The highest BCUT2D eigenvalue weighted by Gasteiger charge is 2.15. The Balaban J connectivity index is 1.83. The molecule has 0 atom stereocenters. The van der Waals surface area contributed by atoms with E-state index < -0.39 is 0 Å². The van der Waals surface area contributed by atoms with Gasteiger partial charge >= 0.3 is 0 Å². The second-order valence-corrected chi connectivity index (χ2v) is 6.62. The first-order valence-electron chi connectivity index (χ1n) is 6.84. The molecule has 0 spiro atoms. The molecule has 6 nitrogen and oxygen atoms in total. The average Bonchev–Trinajstić information content (AvgIpc) is 3.22. The molecule has 3 rings (SSSR count). The summed E-state index contributed by atoms with van der Waals surface area (Å²) in [6.07, 6.45) is 3.69. The average molecular weight is 346 g/mol. The van der Waals surface area contributed by atoms with Gasteiger partial charge in [-0.25, -0.2) is 4.98 Å². The maximum absolute atomic E-state index is 11.0. The topological polar surface area (TPSA) is 80.9 Å². The largest absolute Gasteiger partial charge is 0.351 e. The molecule has 3 aromatic rings. The highest BCUT2D eigenvalue weighted by molar-refractivity contribution is 7.98. The molecule has 0 unspecified atom stereocenters. The Kier molecular flexibility index (Phi) is 4.73. The van der Waals surface area contributed by atoms with Crippen molar-refractivity contribution in [3.8, 4) is 22.2 Å². The van der Waals surface area contributed by atoms with Gasteiger partial charge in [0.1, 0.15) is 5.03 Å². The summed E-state index contributed by atoms with van der Waals surface area (Å²) in [4.78, 5) is 21.7. The van der Waals surface area contributed by atoms with Crippen LogP contribution in [0.15, 0.2) is 40.0 Å². The van der Waals surface area contributed by atoms with Crippen molar-refractivity contribution in [2.75, 3.05) is 6.26 Å². The first-order valence-corrected chi connectivity index (χ1v) is 8.88. The number of thioether (sulfide) groups is 1. The van der Waals surface area contributed by atoms with E-state index in [9.17, 15) is 4.79 Å². The zero-order chi connectivity index (χ0) is 16.2. The van der Waals surface area contributed by atoms with Crippen molar-refractivity contribution in [1.82, 2.24) is 20.4 Å². The normalized spacial score (nSPS) is 10.7. The number of thiophene rings is 1. The highest BCUT2D eigenvalue weighted by atomic mass is 32.2. The number of amides is 1. The Hall–Kier alpha value is -2.19. The smallest absolute Gasteiger partial charge is 0.261 e. The minimum atomic E-state index is -0.0528. The SMILES string of the molecule is CSc1ncccc1-c1nc(-c2ccc(CNC(C)=O)s2)no1. The van der Waals surface area contributed by atoms with Crippen LogP contribution in [0.5, 0.6) is 0 Å². The lowest BCUT2D eigenvalue weighted by Gasteiger charge is -1.99. The van der Waals surface area contributed by atoms with Gasteiger partial charge in [-0.2, -0.15) is 4.98 Å². The van der Waals surface area contributed by atoms with Crippen LogP contribution < -0.4 is 5.32 Å². The molecular formula is C15H14N4O2S2. The molecule has 0 radical (unpaired) electrons.